The molecule has 3 rings (SSSR count). The second-order valence-electron chi connectivity index (χ2n) is 4.32. The van der Waals surface area contributed by atoms with Crippen LogP contribution in [0.15, 0.2) is 12.2 Å². The SMILES string of the molecule is [2H][C@@H]1CC2CC(C1=C)C2(C)C. The van der Waals surface area contributed by atoms with Crippen LogP contribution in [0.5, 0.6) is 0 Å². The summed E-state index contributed by atoms with van der Waals surface area (Å²) in [7, 11) is 0. The van der Waals surface area contributed by atoms with E-state index in [-0.39, 0.29) is 6.40 Å². The Balaban J connectivity index is 2.23. The Labute approximate surface area is 64.7 Å². The van der Waals surface area contributed by atoms with Crippen molar-refractivity contribution in [2.24, 2.45) is 17.3 Å². The van der Waals surface area contributed by atoms with Gasteiger partial charge >= 0.3 is 0 Å². The van der Waals surface area contributed by atoms with Gasteiger partial charge in [-0.25, -0.2) is 0 Å². The fourth-order valence-corrected chi connectivity index (χ4v) is 2.48. The molecule has 0 heteroatoms. The zero-order valence-corrected chi connectivity index (χ0v) is 6.85. The van der Waals surface area contributed by atoms with Gasteiger partial charge < -0.3 is 0 Å². The highest BCUT2D eigenvalue weighted by molar-refractivity contribution is 5.18. The van der Waals surface area contributed by atoms with E-state index >= 15 is 0 Å². The van der Waals surface area contributed by atoms with Gasteiger partial charge in [0.05, 0.1) is 0 Å². The maximum atomic E-state index is 7.72. The van der Waals surface area contributed by atoms with Gasteiger partial charge in [-0.15, -0.1) is 0 Å². The Bertz CT molecular complexity index is 205. The molecular formula is C10H16. The van der Waals surface area contributed by atoms with Crippen LogP contribution in [0.4, 0.5) is 0 Å². The maximum Gasteiger partial charge on any atom is 0.0313 e. The molecular weight excluding hydrogens is 120 g/mol. The molecule has 0 amide bonds. The van der Waals surface area contributed by atoms with Crippen LogP contribution in [0.3, 0.4) is 0 Å². The van der Waals surface area contributed by atoms with Crippen molar-refractivity contribution < 1.29 is 1.37 Å². The summed E-state index contributed by atoms with van der Waals surface area (Å²) in [6.45, 7) is 8.67. The Morgan fingerprint density at radius 1 is 1.70 bits per heavy atom. The topological polar surface area (TPSA) is 0 Å². The molecule has 2 unspecified atom stereocenters. The molecule has 0 N–H and O–H groups in total. The van der Waals surface area contributed by atoms with Crippen LogP contribution in [-0.4, -0.2) is 0 Å². The van der Waals surface area contributed by atoms with Crippen LogP contribution in [0.25, 0.3) is 0 Å². The minimum atomic E-state index is 0.0479. The van der Waals surface area contributed by atoms with Gasteiger partial charge in [0.15, 0.2) is 0 Å². The van der Waals surface area contributed by atoms with E-state index < -0.39 is 0 Å². The highest BCUT2D eigenvalue weighted by Gasteiger charge is 2.51. The third kappa shape index (κ3) is 0.574. The van der Waals surface area contributed by atoms with E-state index in [0.29, 0.717) is 11.3 Å². The van der Waals surface area contributed by atoms with Crippen molar-refractivity contribution in [1.29, 1.82) is 0 Å². The summed E-state index contributed by atoms with van der Waals surface area (Å²) in [5.41, 5.74) is 1.66. The maximum absolute atomic E-state index is 7.72. The van der Waals surface area contributed by atoms with Crippen LogP contribution in [-0.2, 0) is 0 Å². The van der Waals surface area contributed by atoms with E-state index in [4.69, 9.17) is 1.37 Å². The molecule has 0 saturated heterocycles. The number of allylic oxidation sites excluding steroid dienone is 1. The summed E-state index contributed by atoms with van der Waals surface area (Å²) < 4.78 is 7.72. The first-order chi connectivity index (χ1) is 5.03. The van der Waals surface area contributed by atoms with Gasteiger partial charge in [0.25, 0.3) is 0 Å². The average Bonchev–Trinajstić information content (AvgIpc) is 1.93. The number of hydrogen-bond acceptors (Lipinski definition) is 0. The minimum Gasteiger partial charge on any atom is -0.0996 e. The van der Waals surface area contributed by atoms with Gasteiger partial charge in [0.1, 0.15) is 0 Å². The smallest absolute Gasteiger partial charge is 0.0313 e. The van der Waals surface area contributed by atoms with E-state index in [2.05, 4.69) is 20.4 Å². The molecule has 3 fully saturated rings. The van der Waals surface area contributed by atoms with E-state index in [1.54, 1.807) is 0 Å². The fraction of sp³-hybridized carbons (Fsp3) is 0.800. The van der Waals surface area contributed by atoms with Crippen LogP contribution < -0.4 is 0 Å². The molecule has 56 valence electrons. The molecule has 3 atom stereocenters. The van der Waals surface area contributed by atoms with Crippen LogP contribution in [0.2, 0.25) is 0 Å². The van der Waals surface area contributed by atoms with Gasteiger partial charge in [-0.1, -0.05) is 26.0 Å². The van der Waals surface area contributed by atoms with E-state index in [0.717, 1.165) is 12.3 Å². The van der Waals surface area contributed by atoms with Crippen LogP contribution >= 0.6 is 0 Å². The molecule has 0 aromatic heterocycles. The van der Waals surface area contributed by atoms with Gasteiger partial charge in [0.2, 0.25) is 0 Å². The minimum absolute atomic E-state index is 0.0479. The molecule has 0 spiro atoms. The quantitative estimate of drug-likeness (QED) is 0.450. The van der Waals surface area contributed by atoms with Crippen molar-refractivity contribution >= 4 is 0 Å². The zero-order chi connectivity index (χ0) is 8.22. The monoisotopic (exact) mass is 137 g/mol. The predicted molar refractivity (Wildman–Crippen MR) is 43.8 cm³/mol. The van der Waals surface area contributed by atoms with E-state index in [1.807, 2.05) is 0 Å². The predicted octanol–water partition coefficient (Wildman–Crippen LogP) is 3.00. The largest absolute Gasteiger partial charge is 0.0996 e. The molecule has 0 heterocycles. The summed E-state index contributed by atoms with van der Waals surface area (Å²) in [5.74, 6) is 1.46. The Hall–Kier alpha value is -0.260. The van der Waals surface area contributed by atoms with Gasteiger partial charge in [-0.2, -0.15) is 0 Å². The first kappa shape index (κ1) is 5.40. The molecule has 10 heavy (non-hydrogen) atoms. The molecule has 0 nitrogen and oxygen atoms in total. The summed E-state index contributed by atoms with van der Waals surface area (Å²) >= 11 is 0. The van der Waals surface area contributed by atoms with Crippen LogP contribution in [0.1, 0.15) is 34.5 Å². The molecule has 2 bridgehead atoms. The summed E-state index contributed by atoms with van der Waals surface area (Å²) in [6, 6.07) is 0. The molecule has 0 aliphatic heterocycles. The van der Waals surface area contributed by atoms with E-state index in [9.17, 15) is 0 Å². The lowest BCUT2D eigenvalue weighted by Gasteiger charge is -2.57. The number of fused-ring (bicyclic) bond motifs is 2. The van der Waals surface area contributed by atoms with E-state index in [1.165, 1.54) is 12.0 Å². The standard InChI is InChI=1S/C10H16/c1-7-4-5-8-6-9(7)10(8,2)3/h8-9H,1,4-6H2,2-3H3/i4D/t4-,8?,9?/m1/s1. The van der Waals surface area contributed by atoms with Crippen molar-refractivity contribution in [2.45, 2.75) is 33.1 Å². The number of hydrogen-bond donors (Lipinski definition) is 0. The third-order valence-electron chi connectivity index (χ3n) is 3.58. The lowest BCUT2D eigenvalue weighted by Crippen LogP contribution is -2.48. The summed E-state index contributed by atoms with van der Waals surface area (Å²) in [5, 5.41) is 0. The second kappa shape index (κ2) is 1.66. The lowest BCUT2D eigenvalue weighted by molar-refractivity contribution is -0.0273. The third-order valence-corrected chi connectivity index (χ3v) is 3.58. The molecule has 3 saturated carbocycles. The fourth-order valence-electron chi connectivity index (χ4n) is 2.48. The molecule has 0 aromatic carbocycles. The Kier molecular flexibility index (Phi) is 0.898. The average molecular weight is 137 g/mol. The Morgan fingerprint density at radius 3 is 2.80 bits per heavy atom. The lowest BCUT2D eigenvalue weighted by atomic mass is 9.47. The normalized spacial score (nSPS) is 51.6. The zero-order valence-electron chi connectivity index (χ0n) is 7.85. The summed E-state index contributed by atoms with van der Waals surface area (Å²) in [4.78, 5) is 0. The van der Waals surface area contributed by atoms with Crippen molar-refractivity contribution in [3.63, 3.8) is 0 Å². The van der Waals surface area contributed by atoms with Crippen molar-refractivity contribution in [3.8, 4) is 0 Å². The molecule has 3 aliphatic carbocycles. The Morgan fingerprint density at radius 2 is 2.40 bits per heavy atom. The van der Waals surface area contributed by atoms with Crippen molar-refractivity contribution in [1.82, 2.24) is 0 Å². The second-order valence-corrected chi connectivity index (χ2v) is 4.32. The number of rotatable bonds is 0. The van der Waals surface area contributed by atoms with Crippen LogP contribution in [0, 0.1) is 17.3 Å². The molecule has 0 radical (unpaired) electrons. The van der Waals surface area contributed by atoms with Crippen molar-refractivity contribution in [3.05, 3.63) is 12.2 Å². The first-order valence-corrected chi connectivity index (χ1v) is 4.14. The summed E-state index contributed by atoms with van der Waals surface area (Å²) in [6.07, 6.45) is 2.41. The first-order valence-electron chi connectivity index (χ1n) is 4.72. The van der Waals surface area contributed by atoms with Gasteiger partial charge in [-0.05, 0) is 36.5 Å². The highest BCUT2D eigenvalue weighted by Crippen LogP contribution is 2.60. The molecule has 3 aliphatic rings. The van der Waals surface area contributed by atoms with Crippen molar-refractivity contribution in [2.75, 3.05) is 0 Å². The highest BCUT2D eigenvalue weighted by atomic mass is 14.6. The molecule has 0 aromatic rings. The van der Waals surface area contributed by atoms with Gasteiger partial charge in [-0.3, -0.25) is 0 Å². The van der Waals surface area contributed by atoms with Gasteiger partial charge in [0, 0.05) is 1.37 Å².